The molecule has 0 fully saturated rings. The first kappa shape index (κ1) is 24.5. The van der Waals surface area contributed by atoms with Crippen LogP contribution < -0.4 is 0 Å². The zero-order valence-corrected chi connectivity index (χ0v) is 18.5. The van der Waals surface area contributed by atoms with Crippen LogP contribution in [0.2, 0.25) is 0 Å². The van der Waals surface area contributed by atoms with E-state index in [4.69, 9.17) is 9.47 Å². The van der Waals surface area contributed by atoms with E-state index in [0.29, 0.717) is 44.1 Å². The summed E-state index contributed by atoms with van der Waals surface area (Å²) in [7, 11) is 3.14. The number of ether oxygens (including phenoxy) is 2. The molecule has 0 aliphatic carbocycles. The molecule has 1 aromatic carbocycles. The normalized spacial score (nSPS) is 14.0. The van der Waals surface area contributed by atoms with E-state index in [9.17, 15) is 19.7 Å². The van der Waals surface area contributed by atoms with E-state index >= 15 is 0 Å². The number of carbonyl (C=O) groups excluding carboxylic acids is 2. The van der Waals surface area contributed by atoms with Crippen LogP contribution in [0.3, 0.4) is 0 Å². The maximum atomic E-state index is 13.3. The number of rotatable bonds is 14. The first-order chi connectivity index (χ1) is 15.0. The van der Waals surface area contributed by atoms with Gasteiger partial charge in [-0.1, -0.05) is 26.2 Å². The maximum absolute atomic E-state index is 13.3. The third-order valence-electron chi connectivity index (χ3n) is 5.19. The highest BCUT2D eigenvalue weighted by Crippen LogP contribution is 2.32. The van der Waals surface area contributed by atoms with Gasteiger partial charge in [-0.15, -0.1) is 0 Å². The Hall–Kier alpha value is -2.78. The number of hydrogen-bond acceptors (Lipinski definition) is 7. The van der Waals surface area contributed by atoms with Gasteiger partial charge in [0.2, 0.25) is 0 Å². The zero-order chi connectivity index (χ0) is 22.8. The van der Waals surface area contributed by atoms with E-state index in [2.05, 4.69) is 6.92 Å². The van der Waals surface area contributed by atoms with Crippen molar-refractivity contribution in [1.82, 2.24) is 9.80 Å². The highest BCUT2D eigenvalue weighted by atomic mass is 16.6. The van der Waals surface area contributed by atoms with Crippen molar-refractivity contribution in [2.75, 3.05) is 47.1 Å². The van der Waals surface area contributed by atoms with Crippen molar-refractivity contribution in [3.8, 4) is 0 Å². The number of nitrogens with zero attached hydrogens (tertiary/aromatic N) is 3. The highest BCUT2D eigenvalue weighted by molar-refractivity contribution is 6.35. The van der Waals surface area contributed by atoms with Crippen molar-refractivity contribution in [3.63, 3.8) is 0 Å². The first-order valence-electron chi connectivity index (χ1n) is 10.5. The molecule has 1 aromatic rings. The predicted molar refractivity (Wildman–Crippen MR) is 116 cm³/mol. The minimum absolute atomic E-state index is 0.0743. The van der Waals surface area contributed by atoms with Gasteiger partial charge in [0, 0.05) is 46.0 Å². The van der Waals surface area contributed by atoms with Crippen molar-refractivity contribution in [3.05, 3.63) is 45.6 Å². The van der Waals surface area contributed by atoms with Crippen molar-refractivity contribution in [2.24, 2.45) is 0 Å². The highest BCUT2D eigenvalue weighted by Gasteiger charge is 2.41. The molecule has 2 amide bonds. The molecule has 0 saturated carbocycles. The Kier molecular flexibility index (Phi) is 9.61. The third kappa shape index (κ3) is 6.11. The molecule has 2 rings (SSSR count). The summed E-state index contributed by atoms with van der Waals surface area (Å²) in [5.41, 5.74) is 0.968. The molecule has 0 spiro atoms. The van der Waals surface area contributed by atoms with Crippen LogP contribution in [0.15, 0.2) is 30.0 Å². The van der Waals surface area contributed by atoms with E-state index in [-0.39, 0.29) is 23.1 Å². The van der Waals surface area contributed by atoms with Crippen LogP contribution in [-0.2, 0) is 19.1 Å². The Bertz CT molecular complexity index is 798. The van der Waals surface area contributed by atoms with Gasteiger partial charge in [-0.2, -0.15) is 0 Å². The fraction of sp³-hybridized carbons (Fsp3) is 0.545. The van der Waals surface area contributed by atoms with Crippen LogP contribution >= 0.6 is 0 Å². The number of carbonyl (C=O) groups is 2. The molecule has 0 radical (unpaired) electrons. The topological polar surface area (TPSA) is 102 Å². The van der Waals surface area contributed by atoms with Crippen LogP contribution in [0, 0.1) is 10.1 Å². The summed E-state index contributed by atoms with van der Waals surface area (Å²) in [4.78, 5) is 40.2. The number of amides is 2. The summed E-state index contributed by atoms with van der Waals surface area (Å²) in [6, 6.07) is 5.72. The van der Waals surface area contributed by atoms with Crippen LogP contribution in [0.5, 0.6) is 0 Å². The Morgan fingerprint density at radius 1 is 0.968 bits per heavy atom. The molecule has 1 aliphatic rings. The van der Waals surface area contributed by atoms with Gasteiger partial charge in [0.15, 0.2) is 0 Å². The lowest BCUT2D eigenvalue weighted by molar-refractivity contribution is -0.384. The molecule has 1 heterocycles. The maximum Gasteiger partial charge on any atom is 0.277 e. The van der Waals surface area contributed by atoms with Gasteiger partial charge in [-0.25, -0.2) is 0 Å². The summed E-state index contributed by atoms with van der Waals surface area (Å²) in [6.45, 7) is 4.02. The van der Waals surface area contributed by atoms with E-state index in [1.54, 1.807) is 19.1 Å². The molecule has 0 atom stereocenters. The van der Waals surface area contributed by atoms with Gasteiger partial charge in [0.25, 0.3) is 17.5 Å². The third-order valence-corrected chi connectivity index (χ3v) is 5.19. The molecule has 31 heavy (non-hydrogen) atoms. The number of imide groups is 1. The average molecular weight is 434 g/mol. The fourth-order valence-electron chi connectivity index (χ4n) is 3.50. The molecule has 0 unspecified atom stereocenters. The Morgan fingerprint density at radius 2 is 1.58 bits per heavy atom. The van der Waals surface area contributed by atoms with E-state index in [1.807, 2.05) is 0 Å². The summed E-state index contributed by atoms with van der Waals surface area (Å²) >= 11 is 0. The van der Waals surface area contributed by atoms with Gasteiger partial charge >= 0.3 is 0 Å². The fourth-order valence-corrected chi connectivity index (χ4v) is 3.50. The molecule has 9 heteroatoms. The largest absolute Gasteiger partial charge is 0.383 e. The first-order valence-corrected chi connectivity index (χ1v) is 10.5. The molecular formula is C22H31N3O6. The Morgan fingerprint density at radius 3 is 2.10 bits per heavy atom. The summed E-state index contributed by atoms with van der Waals surface area (Å²) in [6.07, 6.45) is 3.77. The lowest BCUT2D eigenvalue weighted by atomic mass is 10.0. The van der Waals surface area contributed by atoms with E-state index < -0.39 is 4.92 Å². The van der Waals surface area contributed by atoms with Crippen molar-refractivity contribution >= 4 is 23.1 Å². The number of unbranched alkanes of at least 4 members (excludes halogenated alkanes) is 3. The van der Waals surface area contributed by atoms with Crippen molar-refractivity contribution < 1.29 is 24.0 Å². The number of hydrogen-bond donors (Lipinski definition) is 0. The lowest BCUT2D eigenvalue weighted by Gasteiger charge is -2.25. The quantitative estimate of drug-likeness (QED) is 0.192. The second kappa shape index (κ2) is 12.2. The summed E-state index contributed by atoms with van der Waals surface area (Å²) in [5.74, 6) is -0.716. The van der Waals surface area contributed by atoms with Gasteiger partial charge in [-0.05, 0) is 24.1 Å². The molecule has 0 saturated heterocycles. The molecule has 170 valence electrons. The van der Waals surface area contributed by atoms with Crippen LogP contribution in [-0.4, -0.2) is 73.6 Å². The predicted octanol–water partition coefficient (Wildman–Crippen LogP) is 2.85. The molecule has 0 N–H and O–H groups in total. The second-order valence-corrected chi connectivity index (χ2v) is 7.32. The monoisotopic (exact) mass is 433 g/mol. The molecular weight excluding hydrogens is 402 g/mol. The van der Waals surface area contributed by atoms with Crippen molar-refractivity contribution in [2.45, 2.75) is 32.6 Å². The second-order valence-electron chi connectivity index (χ2n) is 7.32. The molecule has 0 aromatic heterocycles. The minimum atomic E-state index is -0.496. The molecule has 1 aliphatic heterocycles. The van der Waals surface area contributed by atoms with Gasteiger partial charge in [-0.3, -0.25) is 24.6 Å². The van der Waals surface area contributed by atoms with Gasteiger partial charge in [0.1, 0.15) is 5.70 Å². The number of nitro benzene ring substituents is 1. The van der Waals surface area contributed by atoms with E-state index in [0.717, 1.165) is 25.7 Å². The summed E-state index contributed by atoms with van der Waals surface area (Å²) in [5, 5.41) is 11.0. The Balaban J connectivity index is 2.44. The zero-order valence-electron chi connectivity index (χ0n) is 18.5. The van der Waals surface area contributed by atoms with Crippen molar-refractivity contribution in [1.29, 1.82) is 0 Å². The molecule has 0 bridgehead atoms. The number of nitro groups is 1. The summed E-state index contributed by atoms with van der Waals surface area (Å²) < 4.78 is 10.4. The number of benzene rings is 1. The lowest BCUT2D eigenvalue weighted by Crippen LogP contribution is -2.38. The van der Waals surface area contributed by atoms with Gasteiger partial charge in [0.05, 0.1) is 23.7 Å². The Labute approximate surface area is 182 Å². The minimum Gasteiger partial charge on any atom is -0.383 e. The number of methoxy groups -OCH3 is 2. The SMILES string of the molecule is CCCCCCN1C(=O)C(c2ccc([N+](=O)[O-])cc2)=C(N(CCOC)CCOC)C1=O. The van der Waals surface area contributed by atoms with Gasteiger partial charge < -0.3 is 14.4 Å². The van der Waals surface area contributed by atoms with E-state index in [1.165, 1.54) is 29.2 Å². The van der Waals surface area contributed by atoms with Crippen LogP contribution in [0.1, 0.15) is 38.2 Å². The van der Waals surface area contributed by atoms with Crippen LogP contribution in [0.4, 0.5) is 5.69 Å². The standard InChI is InChI=1S/C22H31N3O6/c1-4-5-6-7-12-24-21(26)19(17-8-10-18(11-9-17)25(28)29)20(22(24)27)23(13-15-30-2)14-16-31-3/h8-11H,4-7,12-16H2,1-3H3. The van der Waals surface area contributed by atoms with Crippen LogP contribution in [0.25, 0.3) is 5.57 Å². The average Bonchev–Trinajstić information content (AvgIpc) is 3.01. The molecule has 9 nitrogen and oxygen atoms in total. The number of non-ortho nitro benzene ring substituents is 1. The smallest absolute Gasteiger partial charge is 0.277 e.